The first-order valence-corrected chi connectivity index (χ1v) is 9.19. The molecule has 5 heteroatoms. The zero-order valence-electron chi connectivity index (χ0n) is 15.6. The van der Waals surface area contributed by atoms with E-state index in [1.165, 1.54) is 5.56 Å². The number of hydrogen-bond donors (Lipinski definition) is 1. The topological polar surface area (TPSA) is 60.1 Å². The van der Waals surface area contributed by atoms with Gasteiger partial charge in [0, 0.05) is 29.7 Å². The van der Waals surface area contributed by atoms with Crippen molar-refractivity contribution < 1.29 is 9.32 Å². The third-order valence-electron chi connectivity index (χ3n) is 4.66. The van der Waals surface area contributed by atoms with Crippen molar-refractivity contribution in [2.24, 2.45) is 0 Å². The van der Waals surface area contributed by atoms with Crippen LogP contribution in [0.4, 0.5) is 5.69 Å². The van der Waals surface area contributed by atoms with E-state index >= 15 is 0 Å². The fraction of sp³-hybridized carbons (Fsp3) is 0.130. The van der Waals surface area contributed by atoms with E-state index in [9.17, 15) is 4.79 Å². The number of hydrogen-bond acceptors (Lipinski definition) is 3. The van der Waals surface area contributed by atoms with Gasteiger partial charge in [-0.1, -0.05) is 47.1 Å². The van der Waals surface area contributed by atoms with E-state index in [0.717, 1.165) is 16.8 Å². The molecule has 0 saturated heterocycles. The number of aromatic nitrogens is 2. The van der Waals surface area contributed by atoms with E-state index < -0.39 is 0 Å². The Hall–Kier alpha value is -3.60. The minimum Gasteiger partial charge on any atom is -0.356 e. The molecule has 0 spiro atoms. The van der Waals surface area contributed by atoms with Gasteiger partial charge in [-0.25, -0.2) is 0 Å². The first kappa shape index (κ1) is 17.8. The van der Waals surface area contributed by atoms with E-state index in [2.05, 4.69) is 40.2 Å². The highest BCUT2D eigenvalue weighted by Gasteiger charge is 2.18. The van der Waals surface area contributed by atoms with E-state index in [4.69, 9.17) is 4.52 Å². The molecule has 5 nitrogen and oxygen atoms in total. The Labute approximate surface area is 163 Å². The maximum absolute atomic E-state index is 12.8. The molecule has 0 bridgehead atoms. The van der Waals surface area contributed by atoms with Crippen molar-refractivity contribution in [3.8, 4) is 11.3 Å². The van der Waals surface area contributed by atoms with Gasteiger partial charge >= 0.3 is 0 Å². The van der Waals surface area contributed by atoms with Crippen LogP contribution in [0.25, 0.3) is 11.3 Å². The van der Waals surface area contributed by atoms with Crippen LogP contribution < -0.4 is 5.32 Å². The van der Waals surface area contributed by atoms with Crippen LogP contribution in [0.5, 0.6) is 0 Å². The van der Waals surface area contributed by atoms with Gasteiger partial charge in [-0.3, -0.25) is 4.79 Å². The molecule has 1 N–H and O–H groups in total. The van der Waals surface area contributed by atoms with Crippen molar-refractivity contribution in [3.63, 3.8) is 0 Å². The fourth-order valence-electron chi connectivity index (χ4n) is 3.33. The summed E-state index contributed by atoms with van der Waals surface area (Å²) in [5, 5.41) is 6.74. The van der Waals surface area contributed by atoms with Crippen LogP contribution in [0.2, 0.25) is 0 Å². The molecule has 0 unspecified atom stereocenters. The number of rotatable bonds is 6. The largest absolute Gasteiger partial charge is 0.356 e. The summed E-state index contributed by atoms with van der Waals surface area (Å²) in [7, 11) is 0. The third-order valence-corrected chi connectivity index (χ3v) is 4.66. The molecule has 0 aliphatic rings. The Bertz CT molecular complexity index is 1050. The number of amides is 1. The lowest BCUT2D eigenvalue weighted by atomic mass is 10.0. The molecule has 140 valence electrons. The Morgan fingerprint density at radius 3 is 2.64 bits per heavy atom. The molecule has 2 aromatic carbocycles. The number of carbonyl (C=O) groups excluding carboxylic acids is 1. The van der Waals surface area contributed by atoms with Crippen LogP contribution in [0, 0.1) is 6.92 Å². The van der Waals surface area contributed by atoms with Gasteiger partial charge in [0.1, 0.15) is 0 Å². The van der Waals surface area contributed by atoms with Gasteiger partial charge in [0.15, 0.2) is 5.76 Å². The Kier molecular flexibility index (Phi) is 5.06. The summed E-state index contributed by atoms with van der Waals surface area (Å²) < 4.78 is 7.26. The van der Waals surface area contributed by atoms with Crippen LogP contribution in [0.3, 0.4) is 0 Å². The maximum Gasteiger partial charge on any atom is 0.226 e. The summed E-state index contributed by atoms with van der Waals surface area (Å²) in [5.74, 6) is 0.621. The molecule has 4 aromatic rings. The standard InChI is InChI=1S/C23H21N3O2/c1-17-6-4-7-18(14-17)21(26-12-2-3-13-26)16-23(27)25-20-9-5-8-19(15-20)22-10-11-24-28-22/h2-15,21H,16H2,1H3,(H,25,27)/t21-/m0/s1. The molecule has 0 aliphatic heterocycles. The van der Waals surface area contributed by atoms with Crippen molar-refractivity contribution in [1.82, 2.24) is 9.72 Å². The summed E-state index contributed by atoms with van der Waals surface area (Å²) in [6, 6.07) is 21.5. The van der Waals surface area contributed by atoms with E-state index in [0.29, 0.717) is 12.2 Å². The highest BCUT2D eigenvalue weighted by atomic mass is 16.5. The molecule has 2 heterocycles. The van der Waals surface area contributed by atoms with Gasteiger partial charge in [-0.15, -0.1) is 0 Å². The van der Waals surface area contributed by atoms with Crippen LogP contribution in [0.1, 0.15) is 23.6 Å². The van der Waals surface area contributed by atoms with E-state index in [1.807, 2.05) is 54.9 Å². The smallest absolute Gasteiger partial charge is 0.226 e. The second-order valence-electron chi connectivity index (χ2n) is 6.77. The Morgan fingerprint density at radius 1 is 1.07 bits per heavy atom. The summed E-state index contributed by atoms with van der Waals surface area (Å²) in [6.07, 6.45) is 5.92. The molecule has 28 heavy (non-hydrogen) atoms. The average Bonchev–Trinajstić information content (AvgIpc) is 3.40. The first-order chi connectivity index (χ1) is 13.7. The second kappa shape index (κ2) is 7.96. The minimum atomic E-state index is -0.0626. The van der Waals surface area contributed by atoms with E-state index in [1.54, 1.807) is 12.3 Å². The molecule has 0 saturated carbocycles. The number of benzene rings is 2. The lowest BCUT2D eigenvalue weighted by Gasteiger charge is -2.20. The van der Waals surface area contributed by atoms with Crippen LogP contribution in [0.15, 0.2) is 89.8 Å². The predicted molar refractivity (Wildman–Crippen MR) is 109 cm³/mol. The molecule has 0 fully saturated rings. The molecular formula is C23H21N3O2. The number of aryl methyl sites for hydroxylation is 1. The predicted octanol–water partition coefficient (Wildman–Crippen LogP) is 5.07. The molecule has 1 amide bonds. The van der Waals surface area contributed by atoms with Gasteiger partial charge in [0.2, 0.25) is 5.91 Å². The van der Waals surface area contributed by atoms with Crippen LogP contribution >= 0.6 is 0 Å². The summed E-state index contributed by atoms with van der Waals surface area (Å²) in [4.78, 5) is 12.8. The maximum atomic E-state index is 12.8. The normalized spacial score (nSPS) is 11.9. The molecule has 0 radical (unpaired) electrons. The molecule has 0 aliphatic carbocycles. The Balaban J connectivity index is 1.53. The number of nitrogens with zero attached hydrogens (tertiary/aromatic N) is 2. The van der Waals surface area contributed by atoms with Gasteiger partial charge in [-0.2, -0.15) is 0 Å². The van der Waals surface area contributed by atoms with Crippen molar-refractivity contribution in [2.45, 2.75) is 19.4 Å². The molecular weight excluding hydrogens is 350 g/mol. The molecule has 2 aromatic heterocycles. The number of anilines is 1. The lowest BCUT2D eigenvalue weighted by Crippen LogP contribution is -2.19. The van der Waals surface area contributed by atoms with Crippen molar-refractivity contribution in [3.05, 3.63) is 96.4 Å². The second-order valence-corrected chi connectivity index (χ2v) is 6.77. The molecule has 4 rings (SSSR count). The monoisotopic (exact) mass is 371 g/mol. The highest BCUT2D eigenvalue weighted by Crippen LogP contribution is 2.25. The summed E-state index contributed by atoms with van der Waals surface area (Å²) in [5.41, 5.74) is 3.89. The summed E-state index contributed by atoms with van der Waals surface area (Å²) >= 11 is 0. The average molecular weight is 371 g/mol. The number of carbonyl (C=O) groups is 1. The minimum absolute atomic E-state index is 0.0464. The third kappa shape index (κ3) is 4.04. The van der Waals surface area contributed by atoms with Gasteiger partial charge in [0.25, 0.3) is 0 Å². The van der Waals surface area contributed by atoms with Gasteiger partial charge < -0.3 is 14.4 Å². The number of nitrogens with one attached hydrogen (secondary N) is 1. The van der Waals surface area contributed by atoms with E-state index in [-0.39, 0.29) is 11.9 Å². The Morgan fingerprint density at radius 2 is 1.89 bits per heavy atom. The zero-order chi connectivity index (χ0) is 19.3. The van der Waals surface area contributed by atoms with Gasteiger partial charge in [0.05, 0.1) is 18.7 Å². The van der Waals surface area contributed by atoms with Crippen LogP contribution in [-0.4, -0.2) is 15.6 Å². The first-order valence-electron chi connectivity index (χ1n) is 9.19. The quantitative estimate of drug-likeness (QED) is 0.515. The van der Waals surface area contributed by atoms with Crippen molar-refractivity contribution in [1.29, 1.82) is 0 Å². The SMILES string of the molecule is Cc1cccc([C@H](CC(=O)Nc2cccc(-c3ccno3)c2)n2cccc2)c1. The van der Waals surface area contributed by atoms with Crippen molar-refractivity contribution in [2.75, 3.05) is 5.32 Å². The van der Waals surface area contributed by atoms with Gasteiger partial charge in [-0.05, 0) is 36.8 Å². The zero-order valence-corrected chi connectivity index (χ0v) is 15.6. The summed E-state index contributed by atoms with van der Waals surface area (Å²) in [6.45, 7) is 2.06. The van der Waals surface area contributed by atoms with Crippen molar-refractivity contribution >= 4 is 11.6 Å². The fourth-order valence-corrected chi connectivity index (χ4v) is 3.33. The van der Waals surface area contributed by atoms with Crippen LogP contribution in [-0.2, 0) is 4.79 Å². The molecule has 1 atom stereocenters. The highest BCUT2D eigenvalue weighted by molar-refractivity contribution is 5.91. The lowest BCUT2D eigenvalue weighted by molar-refractivity contribution is -0.116.